The number of methoxy groups -OCH3 is 1. The van der Waals surface area contributed by atoms with E-state index in [1.54, 1.807) is 17.0 Å². The van der Waals surface area contributed by atoms with Gasteiger partial charge in [-0.1, -0.05) is 6.92 Å². The van der Waals surface area contributed by atoms with Gasteiger partial charge < -0.3 is 33.4 Å². The molecule has 0 radical (unpaired) electrons. The van der Waals surface area contributed by atoms with E-state index in [9.17, 15) is 19.5 Å². The molecule has 198 valence electrons. The number of piperazine rings is 1. The normalized spacial score (nSPS) is 14.2. The Hall–Kier alpha value is -4.09. The molecular weight excluding hydrogens is 482 g/mol. The summed E-state index contributed by atoms with van der Waals surface area (Å²) in [5.74, 6) is -0.574. The van der Waals surface area contributed by atoms with E-state index >= 15 is 0 Å². The lowest BCUT2D eigenvalue weighted by Gasteiger charge is -2.37. The zero-order valence-electron chi connectivity index (χ0n) is 21.6. The number of rotatable bonds is 6. The van der Waals surface area contributed by atoms with Crippen LogP contribution in [-0.2, 0) is 22.5 Å². The van der Waals surface area contributed by atoms with Gasteiger partial charge in [0.1, 0.15) is 17.8 Å². The molecule has 0 saturated carbocycles. The lowest BCUT2D eigenvalue weighted by Crippen LogP contribution is -2.51. The van der Waals surface area contributed by atoms with Crippen molar-refractivity contribution in [2.24, 2.45) is 0 Å². The van der Waals surface area contributed by atoms with E-state index in [1.807, 2.05) is 32.6 Å². The third-order valence-corrected chi connectivity index (χ3v) is 5.95. The Kier molecular flexibility index (Phi) is 7.10. The highest BCUT2D eigenvalue weighted by molar-refractivity contribution is 5.80. The van der Waals surface area contributed by atoms with Gasteiger partial charge in [-0.05, 0) is 33.3 Å². The second kappa shape index (κ2) is 10.1. The Bertz CT molecular complexity index is 1380. The van der Waals surface area contributed by atoms with Gasteiger partial charge in [-0.15, -0.1) is 0 Å². The fourth-order valence-electron chi connectivity index (χ4n) is 4.34. The molecule has 1 saturated heterocycles. The van der Waals surface area contributed by atoms with Crippen molar-refractivity contribution in [3.63, 3.8) is 0 Å². The third-order valence-electron chi connectivity index (χ3n) is 5.95. The average Bonchev–Trinajstić information content (AvgIpc) is 3.30. The van der Waals surface area contributed by atoms with Crippen molar-refractivity contribution in [1.82, 2.24) is 19.4 Å². The van der Waals surface area contributed by atoms with Crippen molar-refractivity contribution in [3.05, 3.63) is 34.2 Å². The quantitative estimate of drug-likeness (QED) is 0.523. The number of hydrogen-bond acceptors (Lipinski definition) is 9. The summed E-state index contributed by atoms with van der Waals surface area (Å²) in [5.41, 5.74) is 0.573. The number of fused-ring (bicyclic) bond motifs is 1. The lowest BCUT2D eigenvalue weighted by atomic mass is 10.1. The molecule has 0 unspecified atom stereocenters. The van der Waals surface area contributed by atoms with Crippen molar-refractivity contribution in [3.8, 4) is 17.3 Å². The maximum Gasteiger partial charge on any atom is 0.410 e. The Balaban J connectivity index is 1.77. The molecule has 3 aromatic heterocycles. The molecule has 37 heavy (non-hydrogen) atoms. The molecule has 1 aliphatic heterocycles. The topological polar surface area (TPSA) is 140 Å². The summed E-state index contributed by atoms with van der Waals surface area (Å²) in [5, 5.41) is 9.64. The lowest BCUT2D eigenvalue weighted by molar-refractivity contribution is -0.137. The molecule has 12 heteroatoms. The highest BCUT2D eigenvalue weighted by Gasteiger charge is 2.30. The van der Waals surface area contributed by atoms with Crippen LogP contribution in [0.2, 0.25) is 0 Å². The van der Waals surface area contributed by atoms with E-state index in [0.29, 0.717) is 55.4 Å². The molecule has 0 aromatic carbocycles. The standard InChI is InChI=1S/C25H31N5O7/c1-6-16-19(28-9-11-29(12-10-28)24(34)37-25(2,3)4)20(33)21-22(30(16)14-18(31)32)27-23(36-21)15-7-8-26-17(13-15)35-5/h7-8,13H,6,9-12,14H2,1-5H3,(H,31,32). The smallest absolute Gasteiger partial charge is 0.410 e. The van der Waals surface area contributed by atoms with Crippen molar-refractivity contribution < 1.29 is 28.6 Å². The summed E-state index contributed by atoms with van der Waals surface area (Å²) in [6.07, 6.45) is 1.51. The van der Waals surface area contributed by atoms with Crippen molar-refractivity contribution >= 4 is 29.0 Å². The maximum atomic E-state index is 13.7. The van der Waals surface area contributed by atoms with Crippen LogP contribution >= 0.6 is 0 Å². The monoisotopic (exact) mass is 513 g/mol. The Morgan fingerprint density at radius 2 is 1.89 bits per heavy atom. The Morgan fingerprint density at radius 3 is 2.49 bits per heavy atom. The maximum absolute atomic E-state index is 13.7. The number of aromatic nitrogens is 3. The second-order valence-corrected chi connectivity index (χ2v) is 9.67. The zero-order valence-corrected chi connectivity index (χ0v) is 21.6. The van der Waals surface area contributed by atoms with E-state index in [-0.39, 0.29) is 22.5 Å². The number of pyridine rings is 2. The van der Waals surface area contributed by atoms with Gasteiger partial charge in [0.2, 0.25) is 22.8 Å². The largest absolute Gasteiger partial charge is 0.481 e. The Labute approximate surface area is 213 Å². The van der Waals surface area contributed by atoms with Crippen LogP contribution in [0.4, 0.5) is 10.5 Å². The molecule has 0 atom stereocenters. The SMILES string of the molecule is CCc1c(N2CCN(C(=O)OC(C)(C)C)CC2)c(=O)c2oc(-c3ccnc(OC)c3)nc2n1CC(=O)O. The second-order valence-electron chi connectivity index (χ2n) is 9.67. The number of oxazole rings is 1. The molecule has 0 spiro atoms. The number of carbonyl (C=O) groups is 2. The molecule has 3 aromatic rings. The van der Waals surface area contributed by atoms with Gasteiger partial charge in [0.15, 0.2) is 5.65 Å². The van der Waals surface area contributed by atoms with Crippen molar-refractivity contribution in [1.29, 1.82) is 0 Å². The Morgan fingerprint density at radius 1 is 1.19 bits per heavy atom. The first-order chi connectivity index (χ1) is 17.5. The van der Waals surface area contributed by atoms with Gasteiger partial charge in [-0.2, -0.15) is 4.98 Å². The van der Waals surface area contributed by atoms with Crippen LogP contribution in [0.3, 0.4) is 0 Å². The summed E-state index contributed by atoms with van der Waals surface area (Å²) < 4.78 is 18.1. The molecule has 1 fully saturated rings. The van der Waals surface area contributed by atoms with Crippen LogP contribution in [-0.4, -0.2) is 75.5 Å². The van der Waals surface area contributed by atoms with Crippen LogP contribution in [0, 0.1) is 0 Å². The van der Waals surface area contributed by atoms with Gasteiger partial charge in [-0.3, -0.25) is 9.59 Å². The van der Waals surface area contributed by atoms with Gasteiger partial charge in [0.05, 0.1) is 7.11 Å². The first-order valence-corrected chi connectivity index (χ1v) is 12.0. The minimum atomic E-state index is -1.07. The fraction of sp³-hybridized carbons (Fsp3) is 0.480. The first-order valence-electron chi connectivity index (χ1n) is 12.0. The number of anilines is 1. The summed E-state index contributed by atoms with van der Waals surface area (Å²) >= 11 is 0. The minimum Gasteiger partial charge on any atom is -0.481 e. The van der Waals surface area contributed by atoms with Crippen molar-refractivity contribution in [2.45, 2.75) is 46.3 Å². The molecule has 1 amide bonds. The van der Waals surface area contributed by atoms with E-state index < -0.39 is 24.2 Å². The van der Waals surface area contributed by atoms with Crippen LogP contribution in [0.25, 0.3) is 22.7 Å². The van der Waals surface area contributed by atoms with E-state index in [0.717, 1.165) is 0 Å². The van der Waals surface area contributed by atoms with Crippen LogP contribution in [0.15, 0.2) is 27.5 Å². The summed E-state index contributed by atoms with van der Waals surface area (Å²) in [4.78, 5) is 50.1. The predicted molar refractivity (Wildman–Crippen MR) is 135 cm³/mol. The predicted octanol–water partition coefficient (Wildman–Crippen LogP) is 2.76. The highest BCUT2D eigenvalue weighted by Crippen LogP contribution is 2.29. The number of hydrogen-bond donors (Lipinski definition) is 1. The van der Waals surface area contributed by atoms with E-state index in [4.69, 9.17) is 13.9 Å². The molecule has 1 N–H and O–H groups in total. The van der Waals surface area contributed by atoms with E-state index in [1.165, 1.54) is 17.9 Å². The van der Waals surface area contributed by atoms with Gasteiger partial charge in [-0.25, -0.2) is 9.78 Å². The molecule has 0 bridgehead atoms. The van der Waals surface area contributed by atoms with Crippen LogP contribution in [0.1, 0.15) is 33.4 Å². The van der Waals surface area contributed by atoms with Gasteiger partial charge >= 0.3 is 12.1 Å². The molecule has 12 nitrogen and oxygen atoms in total. The fourth-order valence-corrected chi connectivity index (χ4v) is 4.34. The number of amides is 1. The number of carboxylic acid groups (broad SMARTS) is 1. The summed E-state index contributed by atoms with van der Waals surface area (Å²) in [6.45, 7) is 8.35. The molecule has 4 rings (SSSR count). The molecule has 0 aliphatic carbocycles. The molecular formula is C25H31N5O7. The third kappa shape index (κ3) is 5.37. The number of aliphatic carboxylic acids is 1. The van der Waals surface area contributed by atoms with E-state index in [2.05, 4.69) is 9.97 Å². The number of carboxylic acids is 1. The van der Waals surface area contributed by atoms with Crippen LogP contribution < -0.4 is 15.1 Å². The van der Waals surface area contributed by atoms with Crippen LogP contribution in [0.5, 0.6) is 5.88 Å². The minimum absolute atomic E-state index is 0.0335. The van der Waals surface area contributed by atoms with Gasteiger partial charge in [0.25, 0.3) is 0 Å². The number of carbonyl (C=O) groups excluding carboxylic acids is 1. The number of nitrogens with zero attached hydrogens (tertiary/aromatic N) is 5. The summed E-state index contributed by atoms with van der Waals surface area (Å²) in [6, 6.07) is 3.28. The summed E-state index contributed by atoms with van der Waals surface area (Å²) in [7, 11) is 1.48. The molecule has 4 heterocycles. The highest BCUT2D eigenvalue weighted by atomic mass is 16.6. The average molecular weight is 514 g/mol. The van der Waals surface area contributed by atoms with Gasteiger partial charge in [0, 0.05) is 49.7 Å². The number of ether oxygens (including phenoxy) is 2. The zero-order chi connectivity index (χ0) is 26.9. The first kappa shape index (κ1) is 26.0. The molecule has 1 aliphatic rings. The van der Waals surface area contributed by atoms with Crippen molar-refractivity contribution in [2.75, 3.05) is 38.2 Å².